The molecule has 0 unspecified atom stereocenters. The largest absolute Gasteiger partial charge is 0.497 e. The predicted molar refractivity (Wildman–Crippen MR) is 92.7 cm³/mol. The minimum Gasteiger partial charge on any atom is -0.497 e. The predicted octanol–water partition coefficient (Wildman–Crippen LogP) is 3.31. The maximum Gasteiger partial charge on any atom is 0.262 e. The molecule has 0 heterocycles. The van der Waals surface area contributed by atoms with Crippen molar-refractivity contribution in [2.24, 2.45) is 5.92 Å². The number of nitrogens with one attached hydrogen (secondary N) is 1. The van der Waals surface area contributed by atoms with E-state index in [-0.39, 0.29) is 17.5 Å². The Morgan fingerprint density at radius 1 is 1.29 bits per heavy atom. The first-order chi connectivity index (χ1) is 11.6. The van der Waals surface area contributed by atoms with Crippen molar-refractivity contribution in [1.29, 1.82) is 5.26 Å². The van der Waals surface area contributed by atoms with Crippen molar-refractivity contribution in [2.45, 2.75) is 38.6 Å². The molecule has 0 aromatic heterocycles. The summed E-state index contributed by atoms with van der Waals surface area (Å²) in [6.45, 7) is 2.15. The van der Waals surface area contributed by atoms with Crippen LogP contribution in [0.1, 0.15) is 38.2 Å². The highest BCUT2D eigenvalue weighted by atomic mass is 16.5. The lowest BCUT2D eigenvalue weighted by molar-refractivity contribution is -0.118. The number of carbonyl (C=O) groups is 1. The van der Waals surface area contributed by atoms with E-state index in [1.54, 1.807) is 38.5 Å². The van der Waals surface area contributed by atoms with Gasteiger partial charge in [-0.15, -0.1) is 0 Å². The van der Waals surface area contributed by atoms with E-state index in [1.165, 1.54) is 6.42 Å². The third kappa shape index (κ3) is 4.29. The number of nitriles is 1. The van der Waals surface area contributed by atoms with Crippen LogP contribution < -0.4 is 14.8 Å². The Balaban J connectivity index is 2.19. The smallest absolute Gasteiger partial charge is 0.262 e. The second kappa shape index (κ2) is 8.39. The maximum absolute atomic E-state index is 12.4. The molecule has 0 saturated heterocycles. The molecule has 2 atom stereocenters. The van der Waals surface area contributed by atoms with Crippen LogP contribution in [0.4, 0.5) is 0 Å². The molecule has 1 aliphatic rings. The molecule has 5 heteroatoms. The summed E-state index contributed by atoms with van der Waals surface area (Å²) in [5.74, 6) is 1.33. The Bertz CT molecular complexity index is 661. The van der Waals surface area contributed by atoms with E-state index in [2.05, 4.69) is 12.2 Å². The highest BCUT2D eigenvalue weighted by Gasteiger charge is 2.24. The van der Waals surface area contributed by atoms with Crippen molar-refractivity contribution in [3.63, 3.8) is 0 Å². The van der Waals surface area contributed by atoms with Gasteiger partial charge in [0.05, 0.1) is 14.2 Å². The van der Waals surface area contributed by atoms with Crippen LogP contribution in [0, 0.1) is 17.2 Å². The van der Waals surface area contributed by atoms with Crippen LogP contribution >= 0.6 is 0 Å². The lowest BCUT2D eigenvalue weighted by Crippen LogP contribution is -2.41. The average Bonchev–Trinajstić information content (AvgIpc) is 2.61. The number of hydrogen-bond acceptors (Lipinski definition) is 4. The van der Waals surface area contributed by atoms with Crippen molar-refractivity contribution in [3.8, 4) is 17.6 Å². The minimum atomic E-state index is -0.325. The van der Waals surface area contributed by atoms with Crippen LogP contribution in [-0.2, 0) is 4.79 Å². The van der Waals surface area contributed by atoms with Crippen molar-refractivity contribution in [3.05, 3.63) is 29.3 Å². The molecule has 1 saturated carbocycles. The normalized spacial score (nSPS) is 20.8. The second-order valence-electron chi connectivity index (χ2n) is 6.12. The van der Waals surface area contributed by atoms with E-state index in [0.29, 0.717) is 23.0 Å². The third-order valence-corrected chi connectivity index (χ3v) is 4.53. The van der Waals surface area contributed by atoms with Gasteiger partial charge in [-0.2, -0.15) is 5.26 Å². The van der Waals surface area contributed by atoms with Gasteiger partial charge in [-0.3, -0.25) is 4.79 Å². The lowest BCUT2D eigenvalue weighted by Gasteiger charge is -2.29. The molecule has 0 bridgehead atoms. The number of rotatable bonds is 5. The molecule has 1 N–H and O–H groups in total. The van der Waals surface area contributed by atoms with Crippen LogP contribution in [0.2, 0.25) is 0 Å². The summed E-state index contributed by atoms with van der Waals surface area (Å²) in [5.41, 5.74) is 0.748. The molecule has 1 aromatic rings. The summed E-state index contributed by atoms with van der Waals surface area (Å²) in [7, 11) is 3.12. The van der Waals surface area contributed by atoms with Crippen LogP contribution in [0.3, 0.4) is 0 Å². The van der Waals surface area contributed by atoms with E-state index in [9.17, 15) is 10.1 Å². The monoisotopic (exact) mass is 328 g/mol. The average molecular weight is 328 g/mol. The Hall–Kier alpha value is -2.48. The van der Waals surface area contributed by atoms with Gasteiger partial charge < -0.3 is 14.8 Å². The molecule has 1 aromatic carbocycles. The number of ether oxygens (including phenoxy) is 2. The van der Waals surface area contributed by atoms with Crippen molar-refractivity contribution >= 4 is 12.0 Å². The van der Waals surface area contributed by atoms with Gasteiger partial charge in [-0.25, -0.2) is 0 Å². The van der Waals surface area contributed by atoms with Gasteiger partial charge in [0.25, 0.3) is 5.91 Å². The number of nitrogens with zero attached hydrogens (tertiary/aromatic N) is 1. The maximum atomic E-state index is 12.4. The van der Waals surface area contributed by atoms with Crippen LogP contribution in [0.15, 0.2) is 23.8 Å². The molecular weight excluding hydrogens is 304 g/mol. The van der Waals surface area contributed by atoms with E-state index in [1.807, 2.05) is 6.07 Å². The highest BCUT2D eigenvalue weighted by molar-refractivity contribution is 6.02. The fraction of sp³-hybridized carbons (Fsp3) is 0.474. The topological polar surface area (TPSA) is 71.3 Å². The SMILES string of the molecule is COc1ccc(/C=C(\C#N)C(=O)N[C@@H]2CCCC[C@@H]2C)c(OC)c1. The van der Waals surface area contributed by atoms with Gasteiger partial charge in [-0.05, 0) is 37.0 Å². The van der Waals surface area contributed by atoms with E-state index >= 15 is 0 Å². The highest BCUT2D eigenvalue weighted by Crippen LogP contribution is 2.27. The van der Waals surface area contributed by atoms with E-state index in [0.717, 1.165) is 19.3 Å². The Morgan fingerprint density at radius 3 is 2.67 bits per heavy atom. The molecule has 1 aliphatic carbocycles. The molecule has 5 nitrogen and oxygen atoms in total. The van der Waals surface area contributed by atoms with E-state index < -0.39 is 0 Å². The number of amides is 1. The second-order valence-corrected chi connectivity index (χ2v) is 6.12. The third-order valence-electron chi connectivity index (χ3n) is 4.53. The fourth-order valence-corrected chi connectivity index (χ4v) is 3.02. The molecule has 1 fully saturated rings. The number of carbonyl (C=O) groups excluding carboxylic acids is 1. The molecule has 0 aliphatic heterocycles. The summed E-state index contributed by atoms with van der Waals surface area (Å²) < 4.78 is 10.5. The first kappa shape index (κ1) is 17.9. The van der Waals surface area contributed by atoms with Crippen LogP contribution in [0.25, 0.3) is 6.08 Å². The number of hydrogen-bond donors (Lipinski definition) is 1. The molecular formula is C19H24N2O3. The lowest BCUT2D eigenvalue weighted by atomic mass is 9.86. The Labute approximate surface area is 143 Å². The summed E-state index contributed by atoms with van der Waals surface area (Å²) in [5, 5.41) is 12.4. The summed E-state index contributed by atoms with van der Waals surface area (Å²) in [4.78, 5) is 12.4. The zero-order valence-corrected chi connectivity index (χ0v) is 14.5. The minimum absolute atomic E-state index is 0.0799. The van der Waals surface area contributed by atoms with Gasteiger partial charge in [0.15, 0.2) is 0 Å². The Morgan fingerprint density at radius 2 is 2.04 bits per heavy atom. The van der Waals surface area contributed by atoms with Gasteiger partial charge in [-0.1, -0.05) is 19.8 Å². The van der Waals surface area contributed by atoms with Gasteiger partial charge in [0.1, 0.15) is 23.1 Å². The van der Waals surface area contributed by atoms with Gasteiger partial charge in [0, 0.05) is 17.7 Å². The molecule has 0 spiro atoms. The zero-order chi connectivity index (χ0) is 17.5. The Kier molecular flexibility index (Phi) is 6.25. The van der Waals surface area contributed by atoms with Crippen molar-refractivity contribution < 1.29 is 14.3 Å². The fourth-order valence-electron chi connectivity index (χ4n) is 3.02. The standard InChI is InChI=1S/C19H24N2O3/c1-13-6-4-5-7-17(13)21-19(22)15(12-20)10-14-8-9-16(23-2)11-18(14)24-3/h8-11,13,17H,4-7H2,1-3H3,(H,21,22)/b15-10+/t13-,17+/m0/s1. The molecule has 1 amide bonds. The molecule has 2 rings (SSSR count). The first-order valence-corrected chi connectivity index (χ1v) is 8.23. The molecule has 0 radical (unpaired) electrons. The first-order valence-electron chi connectivity index (χ1n) is 8.23. The van der Waals surface area contributed by atoms with Gasteiger partial charge in [0.2, 0.25) is 0 Å². The molecule has 24 heavy (non-hydrogen) atoms. The van der Waals surface area contributed by atoms with Crippen molar-refractivity contribution in [2.75, 3.05) is 14.2 Å². The summed E-state index contributed by atoms with van der Waals surface area (Å²) in [6, 6.07) is 7.40. The van der Waals surface area contributed by atoms with Crippen LogP contribution in [0.5, 0.6) is 11.5 Å². The van der Waals surface area contributed by atoms with Crippen molar-refractivity contribution in [1.82, 2.24) is 5.32 Å². The van der Waals surface area contributed by atoms with E-state index in [4.69, 9.17) is 9.47 Å². The number of benzene rings is 1. The quantitative estimate of drug-likeness (QED) is 0.665. The summed E-state index contributed by atoms with van der Waals surface area (Å²) in [6.07, 6.45) is 5.96. The summed E-state index contributed by atoms with van der Waals surface area (Å²) >= 11 is 0. The number of methoxy groups -OCH3 is 2. The zero-order valence-electron chi connectivity index (χ0n) is 14.5. The van der Waals surface area contributed by atoms with Gasteiger partial charge >= 0.3 is 0 Å². The molecule has 128 valence electrons. The van der Waals surface area contributed by atoms with Crippen LogP contribution in [-0.4, -0.2) is 26.2 Å².